The van der Waals surface area contributed by atoms with Crippen LogP contribution in [0.5, 0.6) is 0 Å². The van der Waals surface area contributed by atoms with Crippen molar-refractivity contribution in [2.45, 2.75) is 58.2 Å². The minimum Gasteiger partial charge on any atom is -0.399 e. The van der Waals surface area contributed by atoms with Crippen molar-refractivity contribution in [3.05, 3.63) is 77.9 Å². The standard InChI is InChI=1S/C29H29BO2S/c1-27(2)22-12-8-7-10-18(22)21-15-14-19(20-11-9-13-23(27)26(20)21)24-16-17-25(33-24)30-31-28(3,4)29(5,6)32-30/h7-17H,1-6H3. The summed E-state index contributed by atoms with van der Waals surface area (Å²) >= 11 is 1.77. The lowest BCUT2D eigenvalue weighted by Gasteiger charge is -2.35. The number of hydrogen-bond acceptors (Lipinski definition) is 3. The van der Waals surface area contributed by atoms with Crippen LogP contribution in [0, 0.1) is 0 Å². The molecule has 0 unspecified atom stereocenters. The predicted molar refractivity (Wildman–Crippen MR) is 141 cm³/mol. The van der Waals surface area contributed by atoms with Crippen LogP contribution in [-0.2, 0) is 14.7 Å². The van der Waals surface area contributed by atoms with Gasteiger partial charge in [-0.1, -0.05) is 74.5 Å². The van der Waals surface area contributed by atoms with Crippen LogP contribution in [0.4, 0.5) is 0 Å². The lowest BCUT2D eigenvalue weighted by Crippen LogP contribution is -2.41. The van der Waals surface area contributed by atoms with Gasteiger partial charge >= 0.3 is 7.12 Å². The first-order valence-electron chi connectivity index (χ1n) is 11.7. The van der Waals surface area contributed by atoms with Gasteiger partial charge in [0.1, 0.15) is 0 Å². The maximum absolute atomic E-state index is 6.31. The van der Waals surface area contributed by atoms with Gasteiger partial charge < -0.3 is 9.31 Å². The zero-order chi connectivity index (χ0) is 23.2. The molecule has 3 aromatic carbocycles. The van der Waals surface area contributed by atoms with Crippen molar-refractivity contribution in [2.24, 2.45) is 0 Å². The van der Waals surface area contributed by atoms with Crippen molar-refractivity contribution in [1.82, 2.24) is 0 Å². The van der Waals surface area contributed by atoms with Crippen molar-refractivity contribution >= 4 is 34.0 Å². The molecule has 0 radical (unpaired) electrons. The summed E-state index contributed by atoms with van der Waals surface area (Å²) in [4.78, 5) is 1.25. The summed E-state index contributed by atoms with van der Waals surface area (Å²) in [7, 11) is -0.320. The minimum absolute atomic E-state index is 0.0367. The van der Waals surface area contributed by atoms with E-state index in [0.29, 0.717) is 0 Å². The fourth-order valence-corrected chi connectivity index (χ4v) is 6.36. The highest BCUT2D eigenvalue weighted by Gasteiger charge is 2.52. The summed E-state index contributed by atoms with van der Waals surface area (Å²) in [6.45, 7) is 13.1. The average Bonchev–Trinajstić information content (AvgIpc) is 3.34. The number of benzene rings is 3. The van der Waals surface area contributed by atoms with E-state index in [2.05, 4.69) is 108 Å². The third-order valence-electron chi connectivity index (χ3n) is 7.98. The van der Waals surface area contributed by atoms with Gasteiger partial charge in [-0.3, -0.25) is 0 Å². The Morgan fingerprint density at radius 1 is 0.636 bits per heavy atom. The molecule has 0 atom stereocenters. The van der Waals surface area contributed by atoms with Crippen LogP contribution in [0.1, 0.15) is 52.7 Å². The zero-order valence-electron chi connectivity index (χ0n) is 20.2. The summed E-state index contributed by atoms with van der Waals surface area (Å²) in [5.74, 6) is 0. The maximum atomic E-state index is 6.31. The van der Waals surface area contributed by atoms with Gasteiger partial charge in [-0.05, 0) is 72.4 Å². The Morgan fingerprint density at radius 2 is 1.30 bits per heavy atom. The first kappa shape index (κ1) is 21.2. The molecule has 1 aliphatic carbocycles. The molecule has 0 N–H and O–H groups in total. The largest absolute Gasteiger partial charge is 0.505 e. The van der Waals surface area contributed by atoms with Crippen LogP contribution in [0.25, 0.3) is 32.3 Å². The van der Waals surface area contributed by atoms with Gasteiger partial charge in [0.2, 0.25) is 0 Å². The molecule has 4 aromatic rings. The van der Waals surface area contributed by atoms with Crippen molar-refractivity contribution in [2.75, 3.05) is 0 Å². The van der Waals surface area contributed by atoms with Crippen LogP contribution in [0.2, 0.25) is 0 Å². The highest BCUT2D eigenvalue weighted by atomic mass is 32.1. The quantitative estimate of drug-likeness (QED) is 0.300. The second-order valence-corrected chi connectivity index (χ2v) is 12.0. The van der Waals surface area contributed by atoms with Crippen molar-refractivity contribution in [1.29, 1.82) is 0 Å². The second-order valence-electron chi connectivity index (χ2n) is 10.8. The summed E-state index contributed by atoms with van der Waals surface area (Å²) in [6.07, 6.45) is 0. The Balaban J connectivity index is 1.50. The highest BCUT2D eigenvalue weighted by Crippen LogP contribution is 2.50. The molecule has 33 heavy (non-hydrogen) atoms. The van der Waals surface area contributed by atoms with Crippen molar-refractivity contribution in [3.63, 3.8) is 0 Å². The molecular formula is C29H29BO2S. The molecule has 6 rings (SSSR count). The molecule has 0 spiro atoms. The average molecular weight is 452 g/mol. The molecule has 1 aliphatic heterocycles. The smallest absolute Gasteiger partial charge is 0.399 e. The van der Waals surface area contributed by atoms with Crippen molar-refractivity contribution < 1.29 is 9.31 Å². The molecule has 166 valence electrons. The topological polar surface area (TPSA) is 18.5 Å². The Kier molecular flexibility index (Phi) is 4.37. The molecule has 1 saturated heterocycles. The van der Waals surface area contributed by atoms with E-state index in [1.54, 1.807) is 11.3 Å². The van der Waals surface area contributed by atoms with Gasteiger partial charge in [0.25, 0.3) is 0 Å². The Morgan fingerprint density at radius 3 is 2.06 bits per heavy atom. The van der Waals surface area contributed by atoms with Gasteiger partial charge in [0, 0.05) is 15.1 Å². The molecular weight excluding hydrogens is 423 g/mol. The van der Waals surface area contributed by atoms with E-state index in [1.807, 2.05) is 0 Å². The van der Waals surface area contributed by atoms with Crippen LogP contribution in [0.15, 0.2) is 66.7 Å². The van der Waals surface area contributed by atoms with E-state index < -0.39 is 0 Å². The first-order valence-corrected chi connectivity index (χ1v) is 12.5. The van der Waals surface area contributed by atoms with Crippen molar-refractivity contribution in [3.8, 4) is 21.6 Å². The van der Waals surface area contributed by atoms with Gasteiger partial charge in [-0.15, -0.1) is 11.3 Å². The molecule has 0 saturated carbocycles. The van der Waals surface area contributed by atoms with Crippen LogP contribution < -0.4 is 4.78 Å². The zero-order valence-corrected chi connectivity index (χ0v) is 21.0. The number of fused-ring (bicyclic) bond motifs is 2. The third-order valence-corrected chi connectivity index (χ3v) is 9.12. The van der Waals surface area contributed by atoms with Crippen LogP contribution in [-0.4, -0.2) is 18.3 Å². The Bertz CT molecular complexity index is 1400. The molecule has 0 amide bonds. The van der Waals surface area contributed by atoms with Gasteiger partial charge in [-0.25, -0.2) is 0 Å². The summed E-state index contributed by atoms with van der Waals surface area (Å²) in [5.41, 5.74) is 6.06. The SMILES string of the molecule is CC1(C)c2ccccc2-c2ccc(-c3ccc(B4OC(C)(C)C(C)(C)O4)s3)c3cccc1c23. The van der Waals surface area contributed by atoms with E-state index >= 15 is 0 Å². The predicted octanol–water partition coefficient (Wildman–Crippen LogP) is 7.17. The second kappa shape index (κ2) is 6.82. The fourth-order valence-electron chi connectivity index (χ4n) is 5.36. The lowest BCUT2D eigenvalue weighted by atomic mass is 9.68. The molecule has 2 aliphatic rings. The van der Waals surface area contributed by atoms with Crippen LogP contribution >= 0.6 is 11.3 Å². The van der Waals surface area contributed by atoms with Gasteiger partial charge in [-0.2, -0.15) is 0 Å². The number of hydrogen-bond donors (Lipinski definition) is 0. The monoisotopic (exact) mass is 452 g/mol. The molecule has 1 fully saturated rings. The maximum Gasteiger partial charge on any atom is 0.505 e. The summed E-state index contributed by atoms with van der Waals surface area (Å²) in [6, 6.07) is 24.6. The number of thiophene rings is 1. The molecule has 1 aromatic heterocycles. The Labute approximate surface area is 200 Å². The first-order chi connectivity index (χ1) is 15.6. The summed E-state index contributed by atoms with van der Waals surface area (Å²) in [5, 5.41) is 2.69. The molecule has 0 bridgehead atoms. The normalized spacial score (nSPS) is 19.6. The Hall–Kier alpha value is -2.40. The van der Waals surface area contributed by atoms with E-state index in [4.69, 9.17) is 9.31 Å². The molecule has 2 heterocycles. The fraction of sp³-hybridized carbons (Fsp3) is 0.310. The van der Waals surface area contributed by atoms with E-state index in [-0.39, 0.29) is 23.7 Å². The van der Waals surface area contributed by atoms with E-state index in [9.17, 15) is 0 Å². The highest BCUT2D eigenvalue weighted by molar-refractivity contribution is 7.25. The molecule has 4 heteroatoms. The van der Waals surface area contributed by atoms with E-state index in [1.165, 1.54) is 43.5 Å². The number of rotatable bonds is 2. The van der Waals surface area contributed by atoms with Crippen LogP contribution in [0.3, 0.4) is 0 Å². The summed E-state index contributed by atoms with van der Waals surface area (Å²) < 4.78 is 13.7. The van der Waals surface area contributed by atoms with Gasteiger partial charge in [0.05, 0.1) is 11.2 Å². The minimum atomic E-state index is -0.332. The lowest BCUT2D eigenvalue weighted by molar-refractivity contribution is 0.00578. The molecule has 2 nitrogen and oxygen atoms in total. The van der Waals surface area contributed by atoms with Gasteiger partial charge in [0.15, 0.2) is 0 Å². The van der Waals surface area contributed by atoms with E-state index in [0.717, 1.165) is 4.78 Å². The third kappa shape index (κ3) is 2.94.